The van der Waals surface area contributed by atoms with Crippen LogP contribution in [0.3, 0.4) is 0 Å². The molecule has 0 bridgehead atoms. The van der Waals surface area contributed by atoms with Crippen LogP contribution in [0, 0.1) is 23.7 Å². The van der Waals surface area contributed by atoms with Gasteiger partial charge in [0.1, 0.15) is 23.8 Å². The molecule has 2 saturated carbocycles. The Labute approximate surface area is 360 Å². The molecule has 2 aliphatic carbocycles. The quantitative estimate of drug-likeness (QED) is 0.167. The topological polar surface area (TPSA) is 200 Å². The van der Waals surface area contributed by atoms with E-state index < -0.39 is 62.4 Å². The number of primary amides is 1. The van der Waals surface area contributed by atoms with E-state index in [2.05, 4.69) is 34.0 Å². The molecule has 6 rings (SSSR count). The molecule has 16 heteroatoms. The van der Waals surface area contributed by atoms with E-state index in [0.717, 1.165) is 55.2 Å². The molecule has 2 saturated heterocycles. The highest BCUT2D eigenvalue weighted by Crippen LogP contribution is 2.43. The van der Waals surface area contributed by atoms with E-state index >= 15 is 0 Å². The van der Waals surface area contributed by atoms with Crippen LogP contribution in [0.25, 0.3) is 10.8 Å². The highest BCUT2D eigenvalue weighted by atomic mass is 32.2. The summed E-state index contributed by atoms with van der Waals surface area (Å²) in [4.78, 5) is 62.4. The van der Waals surface area contributed by atoms with Gasteiger partial charge >= 0.3 is 6.09 Å². The number of pyridine rings is 1. The van der Waals surface area contributed by atoms with Crippen molar-refractivity contribution in [1.29, 1.82) is 0 Å². The molecule has 1 aromatic carbocycles. The second kappa shape index (κ2) is 19.3. The maximum Gasteiger partial charge on any atom is 0.408 e. The summed E-state index contributed by atoms with van der Waals surface area (Å²) < 4.78 is 44.6. The summed E-state index contributed by atoms with van der Waals surface area (Å²) in [5, 5.41) is 4.67. The lowest BCUT2D eigenvalue weighted by Crippen LogP contribution is -2.56. The number of amides is 4. The lowest BCUT2D eigenvalue weighted by molar-refractivity contribution is -0.140. The smallest absolute Gasteiger partial charge is 0.408 e. The number of rotatable bonds is 17. The molecule has 4 amide bonds. The second-order valence-corrected chi connectivity index (χ2v) is 20.9. The van der Waals surface area contributed by atoms with Gasteiger partial charge in [-0.05, 0) is 96.5 Å². The van der Waals surface area contributed by atoms with Gasteiger partial charge in [-0.15, -0.1) is 0 Å². The number of hydrogen-bond donors (Lipinski definition) is 3. The first kappa shape index (κ1) is 46.1. The maximum absolute atomic E-state index is 14.7. The first-order chi connectivity index (χ1) is 28.9. The average molecular weight is 867 g/mol. The zero-order valence-corrected chi connectivity index (χ0v) is 37.5. The minimum Gasteiger partial charge on any atom is -0.472 e. The number of anilines is 1. The number of nitrogens with two attached hydrogens (primary N) is 1. The zero-order chi connectivity index (χ0) is 44.1. The predicted molar refractivity (Wildman–Crippen MR) is 233 cm³/mol. The number of fused-ring (bicyclic) bond motifs is 1. The number of aromatic nitrogens is 1. The average Bonchev–Trinajstić information content (AvgIpc) is 3.59. The monoisotopic (exact) mass is 866 g/mol. The van der Waals surface area contributed by atoms with Gasteiger partial charge in [-0.1, -0.05) is 57.0 Å². The summed E-state index contributed by atoms with van der Waals surface area (Å²) in [6.07, 6.45) is 10.9. The van der Waals surface area contributed by atoms with Crippen molar-refractivity contribution in [3.8, 4) is 5.88 Å². The van der Waals surface area contributed by atoms with E-state index in [-0.39, 0.29) is 36.6 Å². The summed E-state index contributed by atoms with van der Waals surface area (Å²) in [7, 11) is -3.69. The van der Waals surface area contributed by atoms with Crippen molar-refractivity contribution in [2.45, 2.75) is 134 Å². The van der Waals surface area contributed by atoms with Gasteiger partial charge in [0.2, 0.25) is 33.6 Å². The van der Waals surface area contributed by atoms with E-state index in [4.69, 9.17) is 24.9 Å². The number of sulfonamides is 1. The third-order valence-corrected chi connectivity index (χ3v) is 15.0. The van der Waals surface area contributed by atoms with Crippen molar-refractivity contribution in [1.82, 2.24) is 19.9 Å². The van der Waals surface area contributed by atoms with E-state index in [0.29, 0.717) is 51.2 Å². The predicted octanol–water partition coefficient (Wildman–Crippen LogP) is 5.60. The van der Waals surface area contributed by atoms with Gasteiger partial charge in [-0.2, -0.15) is 0 Å². The summed E-state index contributed by atoms with van der Waals surface area (Å²) in [6, 6.07) is 5.90. The number of carbonyl (C=O) groups excluding carboxylic acids is 4. The molecule has 4 aliphatic rings. The third kappa shape index (κ3) is 11.3. The van der Waals surface area contributed by atoms with Crippen LogP contribution in [-0.2, 0) is 33.9 Å². The molecule has 15 nitrogen and oxygen atoms in total. The molecule has 0 radical (unpaired) electrons. The van der Waals surface area contributed by atoms with Crippen LogP contribution in [0.2, 0.25) is 0 Å². The first-order valence-corrected chi connectivity index (χ1v) is 23.6. The molecule has 7 atom stereocenters. The number of likely N-dealkylation sites (tertiary alicyclic amines) is 1. The zero-order valence-electron chi connectivity index (χ0n) is 36.7. The first-order valence-electron chi connectivity index (χ1n) is 22.1. The summed E-state index contributed by atoms with van der Waals surface area (Å²) in [5.74, 6) is -1.68. The molecule has 0 spiro atoms. The number of allylic oxidation sites excluding steroid dienone is 2. The molecular formula is C45H66N6O9S. The summed E-state index contributed by atoms with van der Waals surface area (Å²) in [6.45, 7) is 13.8. The van der Waals surface area contributed by atoms with Crippen molar-refractivity contribution in [2.24, 2.45) is 29.4 Å². The molecule has 4 fully saturated rings. The minimum absolute atomic E-state index is 0.0311. The van der Waals surface area contributed by atoms with E-state index in [1.54, 1.807) is 33.9 Å². The van der Waals surface area contributed by atoms with E-state index in [1.807, 2.05) is 31.2 Å². The van der Waals surface area contributed by atoms with E-state index in [1.165, 1.54) is 4.90 Å². The van der Waals surface area contributed by atoms with Crippen molar-refractivity contribution >= 4 is 50.3 Å². The summed E-state index contributed by atoms with van der Waals surface area (Å²) >= 11 is 0. The van der Waals surface area contributed by atoms with Crippen molar-refractivity contribution in [2.75, 3.05) is 37.7 Å². The van der Waals surface area contributed by atoms with Gasteiger partial charge in [0.15, 0.2) is 0 Å². The Morgan fingerprint density at radius 2 is 1.80 bits per heavy atom. The van der Waals surface area contributed by atoms with Gasteiger partial charge in [-0.3, -0.25) is 19.1 Å². The minimum atomic E-state index is -3.69. The fourth-order valence-electron chi connectivity index (χ4n) is 9.00. The van der Waals surface area contributed by atoms with Crippen LogP contribution >= 0.6 is 0 Å². The van der Waals surface area contributed by atoms with Crippen molar-refractivity contribution in [3.05, 3.63) is 42.6 Å². The standard InChI is InChI=1S/C45H66N6O9S/c1-7-30(25-29(2)13-8-9-14-31-15-12-18-33(31)40(53)49-61(56,57)45(6)19-20-45)38(48-43(55)60-44(3,4)5)42(54)51-28-32(26-36(51)39(46)52)59-41-35-17-11-10-16-34(35)37(27-47-41)50-21-23-58-24-22-50/h9-11,14,16-17,27,29-33,36,38H,7-8,12-13,15,18-26,28H2,1-6H3,(H2,46,52)(H,48,55)(H,49,53)/b14-9-/t29-,30-,31-,32-,33?,36+,38+/m1/s1. The maximum atomic E-state index is 14.7. The van der Waals surface area contributed by atoms with Crippen LogP contribution in [0.5, 0.6) is 5.88 Å². The highest BCUT2D eigenvalue weighted by Gasteiger charge is 2.51. The molecule has 336 valence electrons. The lowest BCUT2D eigenvalue weighted by atomic mass is 9.84. The number of alkyl carbamates (subject to hydrolysis) is 1. The van der Waals surface area contributed by atoms with E-state index in [9.17, 15) is 27.6 Å². The molecule has 4 N–H and O–H groups in total. The normalized spacial score (nSPS) is 24.3. The Morgan fingerprint density at radius 1 is 1.10 bits per heavy atom. The van der Waals surface area contributed by atoms with Crippen molar-refractivity contribution < 1.29 is 41.8 Å². The van der Waals surface area contributed by atoms with Gasteiger partial charge < -0.3 is 35.1 Å². The Kier molecular flexibility index (Phi) is 14.6. The molecule has 3 heterocycles. The molecule has 1 unspecified atom stereocenters. The molecular weight excluding hydrogens is 801 g/mol. The number of carbonyl (C=O) groups is 4. The third-order valence-electron chi connectivity index (χ3n) is 12.8. The van der Waals surface area contributed by atoms with Crippen LogP contribution in [0.4, 0.5) is 10.5 Å². The number of nitrogens with zero attached hydrogens (tertiary/aromatic N) is 3. The number of nitrogens with one attached hydrogen (secondary N) is 2. The van der Waals surface area contributed by atoms with Gasteiger partial charge in [0.25, 0.3) is 0 Å². The molecule has 1 aromatic heterocycles. The fourth-order valence-corrected chi connectivity index (χ4v) is 10.3. The van der Waals surface area contributed by atoms with Crippen LogP contribution in [-0.4, -0.2) is 104 Å². The van der Waals surface area contributed by atoms with Crippen LogP contribution in [0.15, 0.2) is 42.6 Å². The Morgan fingerprint density at radius 3 is 2.46 bits per heavy atom. The largest absolute Gasteiger partial charge is 0.472 e. The number of morpholine rings is 1. The van der Waals surface area contributed by atoms with Crippen LogP contribution in [0.1, 0.15) is 106 Å². The Hall–Kier alpha value is -4.44. The highest BCUT2D eigenvalue weighted by molar-refractivity contribution is 7.91. The van der Waals surface area contributed by atoms with Gasteiger partial charge in [-0.25, -0.2) is 18.2 Å². The molecule has 2 aliphatic heterocycles. The Bertz CT molecular complexity index is 2040. The number of benzene rings is 1. The fraction of sp³-hybridized carbons (Fsp3) is 0.667. The van der Waals surface area contributed by atoms with Crippen LogP contribution < -0.4 is 25.4 Å². The summed E-state index contributed by atoms with van der Waals surface area (Å²) in [5.41, 5.74) is 6.12. The Balaban J connectivity index is 1.12. The lowest BCUT2D eigenvalue weighted by Gasteiger charge is -2.33. The second-order valence-electron chi connectivity index (χ2n) is 18.7. The van der Waals surface area contributed by atoms with Crippen molar-refractivity contribution in [3.63, 3.8) is 0 Å². The number of hydrogen-bond acceptors (Lipinski definition) is 11. The molecule has 61 heavy (non-hydrogen) atoms. The molecule has 2 aromatic rings. The number of ether oxygens (including phenoxy) is 3. The van der Waals surface area contributed by atoms with Gasteiger partial charge in [0, 0.05) is 36.2 Å². The SMILES string of the molecule is CC[C@H](C[C@H](C)CC/C=C\[C@@H]1CCCC1C(=O)NS(=O)(=O)C1(C)CC1)[C@H](NC(=O)OC(C)(C)C)C(=O)N1C[C@H](Oc2ncc(N3CCOCC3)c3ccccc23)C[C@H]1C(N)=O. The van der Waals surface area contributed by atoms with Gasteiger partial charge in [0.05, 0.1) is 36.4 Å².